The van der Waals surface area contributed by atoms with Crippen molar-refractivity contribution in [2.45, 2.75) is 0 Å². The molecule has 0 aliphatic heterocycles. The number of para-hydroxylation sites is 2. The van der Waals surface area contributed by atoms with E-state index in [1.807, 2.05) is 30.3 Å². The minimum atomic E-state index is -0.331. The summed E-state index contributed by atoms with van der Waals surface area (Å²) in [4.78, 5) is 16.4. The monoisotopic (exact) mass is 367 g/mol. The average molecular weight is 367 g/mol. The Morgan fingerprint density at radius 3 is 2.69 bits per heavy atom. The van der Waals surface area contributed by atoms with Crippen LogP contribution < -0.4 is 14.8 Å². The molecule has 0 spiro atoms. The lowest BCUT2D eigenvalue weighted by molar-refractivity contribution is -0.115. The average Bonchev–Trinajstić information content (AvgIpc) is 3.10. The van der Waals surface area contributed by atoms with Crippen LogP contribution in [0.3, 0.4) is 0 Å². The van der Waals surface area contributed by atoms with Crippen LogP contribution in [0.4, 0.5) is 0 Å². The number of fused-ring (bicyclic) bond motifs is 1. The van der Waals surface area contributed by atoms with Crippen molar-refractivity contribution >= 4 is 40.3 Å². The zero-order valence-corrected chi connectivity index (χ0v) is 15.1. The fourth-order valence-electron chi connectivity index (χ4n) is 2.46. The number of hydrogen-bond acceptors (Lipinski definition) is 5. The van der Waals surface area contributed by atoms with Crippen LogP contribution in [0.2, 0.25) is 0 Å². The third-order valence-corrected chi connectivity index (χ3v) is 4.04. The molecule has 0 aliphatic carbocycles. The second kappa shape index (κ2) is 7.79. The maximum atomic E-state index is 12.2. The van der Waals surface area contributed by atoms with E-state index in [0.717, 1.165) is 16.6 Å². The molecule has 1 amide bonds. The molecule has 1 N–H and O–H groups in total. The molecule has 6 nitrogen and oxygen atoms in total. The van der Waals surface area contributed by atoms with Crippen molar-refractivity contribution in [1.82, 2.24) is 14.9 Å². The van der Waals surface area contributed by atoms with E-state index in [1.165, 1.54) is 6.08 Å². The molecule has 132 valence electrons. The van der Waals surface area contributed by atoms with Gasteiger partial charge < -0.3 is 9.47 Å². The lowest BCUT2D eigenvalue weighted by Gasteiger charge is -2.08. The van der Waals surface area contributed by atoms with Crippen LogP contribution in [0.5, 0.6) is 11.5 Å². The molecule has 0 bridgehead atoms. The van der Waals surface area contributed by atoms with Crippen LogP contribution in [-0.2, 0) is 4.79 Å². The van der Waals surface area contributed by atoms with Gasteiger partial charge in [0.2, 0.25) is 5.91 Å². The Morgan fingerprint density at radius 1 is 1.15 bits per heavy atom. The Kier molecular flexibility index (Phi) is 5.28. The highest BCUT2D eigenvalue weighted by atomic mass is 32.1. The first kappa shape index (κ1) is 17.6. The number of carbonyl (C=O) groups excluding carboxylic acids is 1. The van der Waals surface area contributed by atoms with E-state index < -0.39 is 0 Å². The highest BCUT2D eigenvalue weighted by molar-refractivity contribution is 7.80. The van der Waals surface area contributed by atoms with Crippen LogP contribution in [0.15, 0.2) is 54.9 Å². The van der Waals surface area contributed by atoms with E-state index in [1.54, 1.807) is 43.3 Å². The summed E-state index contributed by atoms with van der Waals surface area (Å²) in [5.41, 5.74) is 2.45. The quantitative estimate of drug-likeness (QED) is 0.567. The fraction of sp³-hybridized carbons (Fsp3) is 0.105. The molecule has 1 heterocycles. The Labute approximate surface area is 156 Å². The zero-order valence-electron chi connectivity index (χ0n) is 14.3. The molecular weight excluding hydrogens is 350 g/mol. The maximum Gasteiger partial charge on any atom is 0.250 e. The number of imidazole rings is 1. The lowest BCUT2D eigenvalue weighted by atomic mass is 10.2. The normalized spacial score (nSPS) is 10.8. The maximum absolute atomic E-state index is 12.2. The topological polar surface area (TPSA) is 65.4 Å². The predicted octanol–water partition coefficient (Wildman–Crippen LogP) is 3.02. The van der Waals surface area contributed by atoms with Crippen molar-refractivity contribution in [3.63, 3.8) is 0 Å². The fourth-order valence-corrected chi connectivity index (χ4v) is 2.70. The van der Waals surface area contributed by atoms with Gasteiger partial charge in [-0.15, -0.1) is 0 Å². The number of benzene rings is 2. The van der Waals surface area contributed by atoms with Crippen LogP contribution in [0.1, 0.15) is 5.56 Å². The first-order valence-corrected chi connectivity index (χ1v) is 8.20. The van der Waals surface area contributed by atoms with Crippen molar-refractivity contribution in [3.05, 3.63) is 60.4 Å². The molecule has 1 aromatic heterocycles. The van der Waals surface area contributed by atoms with Gasteiger partial charge in [-0.1, -0.05) is 18.2 Å². The van der Waals surface area contributed by atoms with E-state index in [4.69, 9.17) is 21.7 Å². The Bertz CT molecular complexity index is 995. The Balaban J connectivity index is 1.70. The van der Waals surface area contributed by atoms with Gasteiger partial charge in [-0.25, -0.2) is 4.98 Å². The highest BCUT2D eigenvalue weighted by Crippen LogP contribution is 2.27. The summed E-state index contributed by atoms with van der Waals surface area (Å²) in [5.74, 6) is 0.889. The summed E-state index contributed by atoms with van der Waals surface area (Å²) in [5, 5.41) is 2.93. The number of carbonyl (C=O) groups is 1. The largest absolute Gasteiger partial charge is 0.493 e. The molecular formula is C19H17N3O3S. The van der Waals surface area contributed by atoms with Gasteiger partial charge in [0.1, 0.15) is 6.33 Å². The minimum absolute atomic E-state index is 0.265. The van der Waals surface area contributed by atoms with Crippen molar-refractivity contribution in [1.29, 1.82) is 0 Å². The van der Waals surface area contributed by atoms with E-state index in [2.05, 4.69) is 10.3 Å². The van der Waals surface area contributed by atoms with Gasteiger partial charge in [0.05, 0.1) is 25.3 Å². The third-order valence-electron chi connectivity index (χ3n) is 3.74. The zero-order chi connectivity index (χ0) is 18.5. The molecule has 0 aliphatic rings. The smallest absolute Gasteiger partial charge is 0.250 e. The van der Waals surface area contributed by atoms with E-state index in [0.29, 0.717) is 11.5 Å². The molecule has 2 aromatic carbocycles. The van der Waals surface area contributed by atoms with Crippen LogP contribution in [-0.4, -0.2) is 34.8 Å². The summed E-state index contributed by atoms with van der Waals surface area (Å²) in [6, 6.07) is 12.9. The second-order valence-electron chi connectivity index (χ2n) is 5.35. The summed E-state index contributed by atoms with van der Waals surface area (Å²) < 4.78 is 12.1. The third kappa shape index (κ3) is 3.73. The molecule has 0 atom stereocenters. The molecule has 3 aromatic rings. The molecule has 0 unspecified atom stereocenters. The van der Waals surface area contributed by atoms with Crippen molar-refractivity contribution < 1.29 is 14.3 Å². The SMILES string of the molecule is COc1ccc(/C=C/C(=O)NC(=S)n2cnc3ccccc32)cc1OC. The van der Waals surface area contributed by atoms with Gasteiger partial charge in [0, 0.05) is 6.08 Å². The number of hydrogen-bond donors (Lipinski definition) is 1. The van der Waals surface area contributed by atoms with Crippen molar-refractivity contribution in [3.8, 4) is 11.5 Å². The van der Waals surface area contributed by atoms with E-state index in [-0.39, 0.29) is 11.0 Å². The molecule has 7 heteroatoms. The molecule has 0 fully saturated rings. The number of rotatable bonds is 4. The highest BCUT2D eigenvalue weighted by Gasteiger charge is 2.08. The van der Waals surface area contributed by atoms with Crippen molar-refractivity contribution in [2.75, 3.05) is 14.2 Å². The van der Waals surface area contributed by atoms with Crippen LogP contribution in [0, 0.1) is 0 Å². The lowest BCUT2D eigenvalue weighted by Crippen LogP contribution is -2.32. The van der Waals surface area contributed by atoms with E-state index >= 15 is 0 Å². The first-order chi connectivity index (χ1) is 12.6. The van der Waals surface area contributed by atoms with Crippen LogP contribution in [0.25, 0.3) is 17.1 Å². The number of aromatic nitrogens is 2. The molecule has 3 rings (SSSR count). The predicted molar refractivity (Wildman–Crippen MR) is 104 cm³/mol. The molecule has 0 saturated carbocycles. The van der Waals surface area contributed by atoms with Gasteiger partial charge in [0.15, 0.2) is 16.6 Å². The first-order valence-electron chi connectivity index (χ1n) is 7.80. The number of ether oxygens (including phenoxy) is 2. The van der Waals surface area contributed by atoms with Gasteiger partial charge in [-0.2, -0.15) is 0 Å². The number of amides is 1. The Hall–Kier alpha value is -3.19. The molecule has 0 saturated heterocycles. The van der Waals surface area contributed by atoms with Gasteiger partial charge >= 0.3 is 0 Å². The Morgan fingerprint density at radius 2 is 1.92 bits per heavy atom. The molecule has 0 radical (unpaired) electrons. The van der Waals surface area contributed by atoms with Gasteiger partial charge in [0.25, 0.3) is 0 Å². The summed E-state index contributed by atoms with van der Waals surface area (Å²) >= 11 is 5.30. The summed E-state index contributed by atoms with van der Waals surface area (Å²) in [6.45, 7) is 0. The van der Waals surface area contributed by atoms with Gasteiger partial charge in [-0.3, -0.25) is 14.7 Å². The number of nitrogens with one attached hydrogen (secondary N) is 1. The second-order valence-corrected chi connectivity index (χ2v) is 5.73. The standard InChI is InChI=1S/C19H17N3O3S/c1-24-16-9-7-13(11-17(16)25-2)8-10-18(23)21-19(26)22-12-20-14-5-3-4-6-15(14)22/h3-12H,1-2H3,(H,21,23,26)/b10-8+. The number of nitrogens with zero attached hydrogens (tertiary/aromatic N) is 2. The van der Waals surface area contributed by atoms with Crippen LogP contribution >= 0.6 is 12.2 Å². The number of thiocarbonyl (C=S) groups is 1. The van der Waals surface area contributed by atoms with Crippen molar-refractivity contribution in [2.24, 2.45) is 0 Å². The minimum Gasteiger partial charge on any atom is -0.493 e. The summed E-state index contributed by atoms with van der Waals surface area (Å²) in [7, 11) is 3.13. The summed E-state index contributed by atoms with van der Waals surface area (Å²) in [6.07, 6.45) is 4.67. The molecule has 26 heavy (non-hydrogen) atoms. The van der Waals surface area contributed by atoms with Gasteiger partial charge in [-0.05, 0) is 48.1 Å². The van der Waals surface area contributed by atoms with E-state index in [9.17, 15) is 4.79 Å². The number of methoxy groups -OCH3 is 2.